The SMILES string of the molecule is Fc1ccccc1N1CCC2(CC1)CC(Oc1cccnc1)CO2. The average molecular weight is 328 g/mol. The van der Waals surface area contributed by atoms with E-state index in [0.29, 0.717) is 12.3 Å². The van der Waals surface area contributed by atoms with Crippen LogP contribution >= 0.6 is 0 Å². The van der Waals surface area contributed by atoms with E-state index in [4.69, 9.17) is 9.47 Å². The Balaban J connectivity index is 1.36. The largest absolute Gasteiger partial charge is 0.486 e. The van der Waals surface area contributed by atoms with Crippen LogP contribution in [0.4, 0.5) is 10.1 Å². The molecule has 3 heterocycles. The van der Waals surface area contributed by atoms with Crippen LogP contribution in [0.1, 0.15) is 19.3 Å². The van der Waals surface area contributed by atoms with Gasteiger partial charge in [-0.1, -0.05) is 12.1 Å². The normalized spacial score (nSPS) is 22.7. The summed E-state index contributed by atoms with van der Waals surface area (Å²) in [5.74, 6) is 0.630. The van der Waals surface area contributed by atoms with Crippen molar-refractivity contribution < 1.29 is 13.9 Å². The van der Waals surface area contributed by atoms with Crippen LogP contribution in [0.3, 0.4) is 0 Å². The van der Waals surface area contributed by atoms with E-state index < -0.39 is 0 Å². The lowest BCUT2D eigenvalue weighted by Gasteiger charge is -2.39. The molecule has 1 unspecified atom stereocenters. The molecule has 126 valence electrons. The van der Waals surface area contributed by atoms with E-state index in [2.05, 4.69) is 9.88 Å². The predicted octanol–water partition coefficient (Wildman–Crippen LogP) is 3.43. The van der Waals surface area contributed by atoms with Crippen molar-refractivity contribution in [2.24, 2.45) is 0 Å². The molecule has 0 radical (unpaired) electrons. The summed E-state index contributed by atoms with van der Waals surface area (Å²) in [6.07, 6.45) is 6.20. The first-order valence-electron chi connectivity index (χ1n) is 8.44. The zero-order valence-electron chi connectivity index (χ0n) is 13.5. The van der Waals surface area contributed by atoms with Gasteiger partial charge in [0.05, 0.1) is 24.1 Å². The number of benzene rings is 1. The van der Waals surface area contributed by atoms with Gasteiger partial charge in [-0.15, -0.1) is 0 Å². The van der Waals surface area contributed by atoms with Crippen LogP contribution in [0.5, 0.6) is 5.75 Å². The minimum atomic E-state index is -0.154. The molecule has 5 heteroatoms. The van der Waals surface area contributed by atoms with Crippen molar-refractivity contribution in [3.8, 4) is 5.75 Å². The lowest BCUT2D eigenvalue weighted by Crippen LogP contribution is -2.44. The number of anilines is 1. The Bertz CT molecular complexity index is 687. The van der Waals surface area contributed by atoms with Crippen molar-refractivity contribution in [1.82, 2.24) is 4.98 Å². The van der Waals surface area contributed by atoms with Crippen LogP contribution in [0.25, 0.3) is 0 Å². The highest BCUT2D eigenvalue weighted by atomic mass is 19.1. The van der Waals surface area contributed by atoms with Gasteiger partial charge in [-0.2, -0.15) is 0 Å². The zero-order valence-corrected chi connectivity index (χ0v) is 13.5. The minimum Gasteiger partial charge on any atom is -0.486 e. The number of halogens is 1. The fourth-order valence-electron chi connectivity index (χ4n) is 3.70. The number of para-hydroxylation sites is 1. The van der Waals surface area contributed by atoms with Gasteiger partial charge in [-0.25, -0.2) is 4.39 Å². The first-order chi connectivity index (χ1) is 11.7. The Hall–Kier alpha value is -2.14. The molecule has 0 aliphatic carbocycles. The van der Waals surface area contributed by atoms with E-state index in [1.54, 1.807) is 18.5 Å². The van der Waals surface area contributed by atoms with Crippen LogP contribution < -0.4 is 9.64 Å². The monoisotopic (exact) mass is 328 g/mol. The highest BCUT2D eigenvalue weighted by molar-refractivity contribution is 5.48. The molecular weight excluding hydrogens is 307 g/mol. The summed E-state index contributed by atoms with van der Waals surface area (Å²) in [4.78, 5) is 6.18. The molecule has 2 aromatic rings. The molecule has 2 aliphatic heterocycles. The van der Waals surface area contributed by atoms with Crippen molar-refractivity contribution in [3.63, 3.8) is 0 Å². The van der Waals surface area contributed by atoms with E-state index in [0.717, 1.165) is 38.1 Å². The molecular formula is C19H21FN2O2. The predicted molar refractivity (Wildman–Crippen MR) is 89.8 cm³/mol. The number of aromatic nitrogens is 1. The number of ether oxygens (including phenoxy) is 2. The molecule has 0 amide bonds. The Morgan fingerprint density at radius 3 is 2.75 bits per heavy atom. The second kappa shape index (κ2) is 6.40. The molecule has 2 saturated heterocycles. The van der Waals surface area contributed by atoms with E-state index in [9.17, 15) is 4.39 Å². The standard InChI is InChI=1S/C19H21FN2O2/c20-17-5-1-2-6-18(17)22-10-7-19(8-11-22)12-16(14-23-19)24-15-4-3-9-21-13-15/h1-6,9,13,16H,7-8,10-12,14H2. The van der Waals surface area contributed by atoms with Gasteiger partial charge in [0.25, 0.3) is 0 Å². The van der Waals surface area contributed by atoms with Gasteiger partial charge in [0, 0.05) is 25.7 Å². The third-order valence-corrected chi connectivity index (χ3v) is 4.98. The van der Waals surface area contributed by atoms with Gasteiger partial charge in [0.1, 0.15) is 17.7 Å². The number of pyridine rings is 1. The van der Waals surface area contributed by atoms with Gasteiger partial charge in [-0.3, -0.25) is 4.98 Å². The molecule has 0 saturated carbocycles. The fraction of sp³-hybridized carbons (Fsp3) is 0.421. The Morgan fingerprint density at radius 1 is 1.17 bits per heavy atom. The molecule has 1 aromatic carbocycles. The van der Waals surface area contributed by atoms with Crippen LogP contribution in [-0.2, 0) is 4.74 Å². The molecule has 1 aromatic heterocycles. The van der Waals surface area contributed by atoms with Crippen molar-refractivity contribution in [2.45, 2.75) is 31.0 Å². The van der Waals surface area contributed by atoms with Gasteiger partial charge in [0.15, 0.2) is 0 Å². The number of nitrogens with zero attached hydrogens (tertiary/aromatic N) is 2. The van der Waals surface area contributed by atoms with Gasteiger partial charge in [-0.05, 0) is 37.1 Å². The van der Waals surface area contributed by atoms with Crippen molar-refractivity contribution in [1.29, 1.82) is 0 Å². The smallest absolute Gasteiger partial charge is 0.146 e. The molecule has 2 fully saturated rings. The Kier molecular flexibility index (Phi) is 4.10. The maximum Gasteiger partial charge on any atom is 0.146 e. The van der Waals surface area contributed by atoms with Crippen molar-refractivity contribution >= 4 is 5.69 Å². The number of hydrogen-bond acceptors (Lipinski definition) is 4. The first-order valence-corrected chi connectivity index (χ1v) is 8.44. The van der Waals surface area contributed by atoms with Gasteiger partial charge in [0.2, 0.25) is 0 Å². The minimum absolute atomic E-state index is 0.0641. The van der Waals surface area contributed by atoms with Gasteiger partial charge < -0.3 is 14.4 Å². The summed E-state index contributed by atoms with van der Waals surface area (Å²) in [6, 6.07) is 10.8. The van der Waals surface area contributed by atoms with Crippen LogP contribution in [-0.4, -0.2) is 36.4 Å². The number of rotatable bonds is 3. The fourth-order valence-corrected chi connectivity index (χ4v) is 3.70. The highest BCUT2D eigenvalue weighted by Crippen LogP contribution is 2.38. The second-order valence-electron chi connectivity index (χ2n) is 6.57. The number of piperidine rings is 1. The third kappa shape index (κ3) is 3.08. The van der Waals surface area contributed by atoms with Crippen LogP contribution in [0, 0.1) is 5.82 Å². The summed E-state index contributed by atoms with van der Waals surface area (Å²) in [5.41, 5.74) is 0.558. The molecule has 24 heavy (non-hydrogen) atoms. The van der Waals surface area contributed by atoms with E-state index >= 15 is 0 Å². The summed E-state index contributed by atoms with van der Waals surface area (Å²) in [5, 5.41) is 0. The lowest BCUT2D eigenvalue weighted by atomic mass is 9.87. The summed E-state index contributed by atoms with van der Waals surface area (Å²) in [7, 11) is 0. The molecule has 0 bridgehead atoms. The second-order valence-corrected chi connectivity index (χ2v) is 6.57. The summed E-state index contributed by atoms with van der Waals surface area (Å²) < 4.78 is 26.0. The first kappa shape index (κ1) is 15.4. The topological polar surface area (TPSA) is 34.6 Å². The molecule has 4 nitrogen and oxygen atoms in total. The Labute approximate surface area is 141 Å². The zero-order chi connectivity index (χ0) is 16.4. The molecule has 4 rings (SSSR count). The van der Waals surface area contributed by atoms with E-state index in [1.807, 2.05) is 24.3 Å². The quantitative estimate of drug-likeness (QED) is 0.865. The molecule has 1 spiro atoms. The van der Waals surface area contributed by atoms with E-state index in [1.165, 1.54) is 6.07 Å². The number of hydrogen-bond donors (Lipinski definition) is 0. The van der Waals surface area contributed by atoms with Crippen molar-refractivity contribution in [2.75, 3.05) is 24.6 Å². The van der Waals surface area contributed by atoms with Crippen LogP contribution in [0.15, 0.2) is 48.8 Å². The Morgan fingerprint density at radius 2 is 2.00 bits per heavy atom. The lowest BCUT2D eigenvalue weighted by molar-refractivity contribution is -0.0163. The van der Waals surface area contributed by atoms with Gasteiger partial charge >= 0.3 is 0 Å². The average Bonchev–Trinajstić information content (AvgIpc) is 3.00. The molecule has 0 N–H and O–H groups in total. The summed E-state index contributed by atoms with van der Waals surface area (Å²) in [6.45, 7) is 2.22. The van der Waals surface area contributed by atoms with Crippen molar-refractivity contribution in [3.05, 3.63) is 54.6 Å². The maximum absolute atomic E-state index is 13.9. The third-order valence-electron chi connectivity index (χ3n) is 4.98. The highest BCUT2D eigenvalue weighted by Gasteiger charge is 2.43. The molecule has 2 aliphatic rings. The van der Waals surface area contributed by atoms with E-state index in [-0.39, 0.29) is 17.5 Å². The summed E-state index contributed by atoms with van der Waals surface area (Å²) >= 11 is 0. The maximum atomic E-state index is 13.9. The van der Waals surface area contributed by atoms with Crippen LogP contribution in [0.2, 0.25) is 0 Å². The molecule has 1 atom stereocenters.